The number of nitrogens with zero attached hydrogens (tertiary/aromatic N) is 1. The molecule has 4 heteroatoms. The van der Waals surface area contributed by atoms with E-state index < -0.39 is 0 Å². The van der Waals surface area contributed by atoms with Gasteiger partial charge in [0.25, 0.3) is 0 Å². The average Bonchev–Trinajstić information content (AvgIpc) is 2.30. The van der Waals surface area contributed by atoms with E-state index in [0.717, 1.165) is 5.39 Å². The zero-order valence-corrected chi connectivity index (χ0v) is 9.49. The number of carbonyl (C=O) groups is 1. The second kappa shape index (κ2) is 4.49. The summed E-state index contributed by atoms with van der Waals surface area (Å²) in [4.78, 5) is 15.4. The molecule has 1 aromatic carbocycles. The summed E-state index contributed by atoms with van der Waals surface area (Å²) in [5.74, 6) is -0.307. The Morgan fingerprint density at radius 2 is 2.19 bits per heavy atom. The van der Waals surface area contributed by atoms with Gasteiger partial charge in [0.2, 0.25) is 0 Å². The largest absolute Gasteiger partial charge is 0.469 e. The van der Waals surface area contributed by atoms with Gasteiger partial charge in [-0.15, -0.1) is 0 Å². The standard InChI is InChI=1S/C12H10ClNO2/c1-16-11(15)7-9-6-5-8-3-2-4-10(13)12(8)14-9/h2-6H,7H2,1H3. The van der Waals surface area contributed by atoms with E-state index in [1.54, 1.807) is 12.1 Å². The zero-order chi connectivity index (χ0) is 11.5. The van der Waals surface area contributed by atoms with Crippen LogP contribution in [0, 0.1) is 0 Å². The number of fused-ring (bicyclic) bond motifs is 1. The third-order valence-electron chi connectivity index (χ3n) is 2.28. The van der Waals surface area contributed by atoms with Gasteiger partial charge in [-0.1, -0.05) is 29.8 Å². The van der Waals surface area contributed by atoms with Crippen molar-refractivity contribution in [3.63, 3.8) is 0 Å². The number of ether oxygens (including phenoxy) is 1. The highest BCUT2D eigenvalue weighted by molar-refractivity contribution is 6.35. The van der Waals surface area contributed by atoms with E-state index in [2.05, 4.69) is 9.72 Å². The lowest BCUT2D eigenvalue weighted by Crippen LogP contribution is -2.05. The van der Waals surface area contributed by atoms with E-state index in [4.69, 9.17) is 11.6 Å². The van der Waals surface area contributed by atoms with Crippen LogP contribution in [0.1, 0.15) is 5.69 Å². The summed E-state index contributed by atoms with van der Waals surface area (Å²) in [5, 5.41) is 1.55. The van der Waals surface area contributed by atoms with Crippen LogP contribution in [0.25, 0.3) is 10.9 Å². The Labute approximate surface area is 98.0 Å². The Kier molecular flexibility index (Phi) is 3.06. The molecule has 0 spiro atoms. The number of carbonyl (C=O) groups excluding carboxylic acids is 1. The molecule has 0 aliphatic rings. The van der Waals surface area contributed by atoms with Crippen LogP contribution in [0.15, 0.2) is 30.3 Å². The molecule has 2 aromatic rings. The van der Waals surface area contributed by atoms with Crippen molar-refractivity contribution in [3.8, 4) is 0 Å². The molecule has 0 aliphatic heterocycles. The van der Waals surface area contributed by atoms with Crippen molar-refractivity contribution in [2.75, 3.05) is 7.11 Å². The number of esters is 1. The van der Waals surface area contributed by atoms with Crippen molar-refractivity contribution in [1.29, 1.82) is 0 Å². The van der Waals surface area contributed by atoms with Crippen LogP contribution in [0.3, 0.4) is 0 Å². The maximum atomic E-state index is 11.1. The fourth-order valence-electron chi connectivity index (χ4n) is 1.47. The Bertz CT molecular complexity index is 540. The van der Waals surface area contributed by atoms with Crippen molar-refractivity contribution >= 4 is 28.5 Å². The van der Waals surface area contributed by atoms with E-state index in [1.165, 1.54) is 7.11 Å². The number of halogens is 1. The highest BCUT2D eigenvalue weighted by Gasteiger charge is 2.06. The first-order valence-corrected chi connectivity index (χ1v) is 5.19. The van der Waals surface area contributed by atoms with E-state index in [9.17, 15) is 4.79 Å². The molecule has 0 N–H and O–H groups in total. The molecule has 1 heterocycles. The molecule has 16 heavy (non-hydrogen) atoms. The van der Waals surface area contributed by atoms with Gasteiger partial charge in [0, 0.05) is 5.39 Å². The smallest absolute Gasteiger partial charge is 0.311 e. The molecule has 0 aliphatic carbocycles. The Morgan fingerprint density at radius 1 is 1.38 bits per heavy atom. The van der Waals surface area contributed by atoms with Crippen LogP contribution in [-0.2, 0) is 16.0 Å². The second-order valence-electron chi connectivity index (χ2n) is 3.37. The van der Waals surface area contributed by atoms with Gasteiger partial charge >= 0.3 is 5.97 Å². The third kappa shape index (κ3) is 2.14. The molecule has 2 rings (SSSR count). The summed E-state index contributed by atoms with van der Waals surface area (Å²) in [5.41, 5.74) is 1.37. The Morgan fingerprint density at radius 3 is 2.94 bits per heavy atom. The quantitative estimate of drug-likeness (QED) is 0.751. The highest BCUT2D eigenvalue weighted by Crippen LogP contribution is 2.21. The molecule has 3 nitrogen and oxygen atoms in total. The molecule has 0 fully saturated rings. The van der Waals surface area contributed by atoms with E-state index in [0.29, 0.717) is 16.2 Å². The van der Waals surface area contributed by atoms with Crippen LogP contribution >= 0.6 is 11.6 Å². The summed E-state index contributed by atoms with van der Waals surface area (Å²) >= 11 is 6.02. The molecule has 0 radical (unpaired) electrons. The normalized spacial score (nSPS) is 10.4. The topological polar surface area (TPSA) is 39.2 Å². The molecule has 0 atom stereocenters. The van der Waals surface area contributed by atoms with E-state index >= 15 is 0 Å². The number of benzene rings is 1. The first-order chi connectivity index (χ1) is 7.70. The van der Waals surface area contributed by atoms with Gasteiger partial charge in [-0.25, -0.2) is 0 Å². The van der Waals surface area contributed by atoms with Crippen molar-refractivity contribution in [2.24, 2.45) is 0 Å². The van der Waals surface area contributed by atoms with Gasteiger partial charge in [0.05, 0.1) is 29.8 Å². The minimum absolute atomic E-state index is 0.164. The van der Waals surface area contributed by atoms with Crippen molar-refractivity contribution in [3.05, 3.63) is 41.0 Å². The summed E-state index contributed by atoms with van der Waals surface area (Å²) in [6.07, 6.45) is 0.164. The average molecular weight is 236 g/mol. The van der Waals surface area contributed by atoms with E-state index in [-0.39, 0.29) is 12.4 Å². The van der Waals surface area contributed by atoms with Gasteiger partial charge in [-0.05, 0) is 12.1 Å². The van der Waals surface area contributed by atoms with Gasteiger partial charge in [0.15, 0.2) is 0 Å². The number of hydrogen-bond acceptors (Lipinski definition) is 3. The number of hydrogen-bond donors (Lipinski definition) is 0. The monoisotopic (exact) mass is 235 g/mol. The molecule has 0 saturated heterocycles. The van der Waals surface area contributed by atoms with Gasteiger partial charge in [0.1, 0.15) is 0 Å². The van der Waals surface area contributed by atoms with Crippen LogP contribution in [0.5, 0.6) is 0 Å². The summed E-state index contributed by atoms with van der Waals surface area (Å²) in [6, 6.07) is 9.27. The maximum absolute atomic E-state index is 11.1. The summed E-state index contributed by atoms with van der Waals surface area (Å²) in [7, 11) is 1.36. The minimum Gasteiger partial charge on any atom is -0.469 e. The number of methoxy groups -OCH3 is 1. The van der Waals surface area contributed by atoms with Gasteiger partial charge < -0.3 is 4.74 Å². The third-order valence-corrected chi connectivity index (χ3v) is 2.59. The molecule has 0 amide bonds. The van der Waals surface area contributed by atoms with Crippen LogP contribution < -0.4 is 0 Å². The molecule has 0 bridgehead atoms. The minimum atomic E-state index is -0.307. The SMILES string of the molecule is COC(=O)Cc1ccc2cccc(Cl)c2n1. The molecular formula is C12H10ClNO2. The maximum Gasteiger partial charge on any atom is 0.311 e. The lowest BCUT2D eigenvalue weighted by Gasteiger charge is -2.03. The van der Waals surface area contributed by atoms with Gasteiger partial charge in [-0.3, -0.25) is 9.78 Å². The fourth-order valence-corrected chi connectivity index (χ4v) is 1.69. The van der Waals surface area contributed by atoms with Crippen LogP contribution in [0.2, 0.25) is 5.02 Å². The van der Waals surface area contributed by atoms with Crippen molar-refractivity contribution < 1.29 is 9.53 Å². The predicted octanol–water partition coefficient (Wildman–Crippen LogP) is 2.60. The van der Waals surface area contributed by atoms with Gasteiger partial charge in [-0.2, -0.15) is 0 Å². The van der Waals surface area contributed by atoms with Crippen molar-refractivity contribution in [1.82, 2.24) is 4.98 Å². The molecule has 0 unspecified atom stereocenters. The number of para-hydroxylation sites is 1. The van der Waals surface area contributed by atoms with E-state index in [1.807, 2.05) is 18.2 Å². The fraction of sp³-hybridized carbons (Fsp3) is 0.167. The molecule has 0 saturated carbocycles. The molecule has 82 valence electrons. The predicted molar refractivity (Wildman–Crippen MR) is 62.5 cm³/mol. The molecular weight excluding hydrogens is 226 g/mol. The Hall–Kier alpha value is -1.61. The zero-order valence-electron chi connectivity index (χ0n) is 8.74. The summed E-state index contributed by atoms with van der Waals surface area (Å²) < 4.78 is 4.58. The number of pyridine rings is 1. The van der Waals surface area contributed by atoms with Crippen LogP contribution in [0.4, 0.5) is 0 Å². The van der Waals surface area contributed by atoms with Crippen molar-refractivity contribution in [2.45, 2.75) is 6.42 Å². The lowest BCUT2D eigenvalue weighted by atomic mass is 10.2. The first kappa shape index (κ1) is 10.9. The molecule has 1 aromatic heterocycles. The summed E-state index contributed by atoms with van der Waals surface area (Å²) in [6.45, 7) is 0. The first-order valence-electron chi connectivity index (χ1n) is 4.81. The number of aromatic nitrogens is 1. The number of rotatable bonds is 2. The lowest BCUT2D eigenvalue weighted by molar-refractivity contribution is -0.139. The van der Waals surface area contributed by atoms with Crippen LogP contribution in [-0.4, -0.2) is 18.1 Å². The highest BCUT2D eigenvalue weighted by atomic mass is 35.5. The second-order valence-corrected chi connectivity index (χ2v) is 3.77. The Balaban J connectivity index is 2.43.